The summed E-state index contributed by atoms with van der Waals surface area (Å²) >= 11 is 5.48. The zero-order valence-corrected chi connectivity index (χ0v) is 8.69. The molecule has 0 bridgehead atoms. The molecule has 0 heterocycles. The molecule has 0 saturated heterocycles. The maximum Gasteiger partial charge on any atom is 0.417 e. The van der Waals surface area contributed by atoms with E-state index in [2.05, 4.69) is 11.8 Å². The molecular formula is C11H6ClF3O. The number of carbonyl (C=O) groups is 1. The Balaban J connectivity index is 3.20. The highest BCUT2D eigenvalue weighted by atomic mass is 35.5. The van der Waals surface area contributed by atoms with Crippen molar-refractivity contribution in [3.8, 4) is 11.8 Å². The summed E-state index contributed by atoms with van der Waals surface area (Å²) in [5.74, 6) is 4.61. The van der Waals surface area contributed by atoms with Gasteiger partial charge in [0.1, 0.15) is 6.29 Å². The monoisotopic (exact) mass is 246 g/mol. The fourth-order valence-electron chi connectivity index (χ4n) is 1.05. The smallest absolute Gasteiger partial charge is 0.302 e. The summed E-state index contributed by atoms with van der Waals surface area (Å²) < 4.78 is 37.6. The van der Waals surface area contributed by atoms with Gasteiger partial charge in [-0.25, -0.2) is 0 Å². The quantitative estimate of drug-likeness (QED) is 0.549. The SMILES string of the molecule is O=CCC#Cc1ccc(Cl)cc1C(F)(F)F. The predicted molar refractivity (Wildman–Crippen MR) is 54.0 cm³/mol. The second kappa shape index (κ2) is 5.04. The Bertz CT molecular complexity index is 455. The molecule has 0 unspecified atom stereocenters. The van der Waals surface area contributed by atoms with E-state index in [4.69, 9.17) is 11.6 Å². The van der Waals surface area contributed by atoms with Crippen LogP contribution in [0.4, 0.5) is 13.2 Å². The van der Waals surface area contributed by atoms with E-state index < -0.39 is 11.7 Å². The minimum atomic E-state index is -4.50. The Morgan fingerprint density at radius 1 is 1.38 bits per heavy atom. The molecule has 0 fully saturated rings. The van der Waals surface area contributed by atoms with Crippen LogP contribution >= 0.6 is 11.6 Å². The van der Waals surface area contributed by atoms with Gasteiger partial charge in [-0.05, 0) is 18.2 Å². The lowest BCUT2D eigenvalue weighted by Gasteiger charge is -2.09. The van der Waals surface area contributed by atoms with E-state index in [1.54, 1.807) is 0 Å². The molecule has 0 aliphatic carbocycles. The van der Waals surface area contributed by atoms with Crippen LogP contribution in [0, 0.1) is 11.8 Å². The lowest BCUT2D eigenvalue weighted by atomic mass is 10.1. The molecule has 0 radical (unpaired) electrons. The zero-order chi connectivity index (χ0) is 12.2. The van der Waals surface area contributed by atoms with Crippen LogP contribution in [0.1, 0.15) is 17.5 Å². The molecule has 0 atom stereocenters. The second-order valence-corrected chi connectivity index (χ2v) is 3.30. The number of aldehydes is 1. The van der Waals surface area contributed by atoms with Crippen molar-refractivity contribution in [3.05, 3.63) is 34.3 Å². The summed E-state index contributed by atoms with van der Waals surface area (Å²) in [4.78, 5) is 9.99. The Labute approximate surface area is 95.2 Å². The number of carbonyl (C=O) groups excluding carboxylic acids is 1. The van der Waals surface area contributed by atoms with E-state index in [1.807, 2.05) is 0 Å². The molecule has 16 heavy (non-hydrogen) atoms. The molecule has 1 aromatic rings. The first-order valence-corrected chi connectivity index (χ1v) is 4.62. The summed E-state index contributed by atoms with van der Waals surface area (Å²) in [6.45, 7) is 0. The molecule has 0 saturated carbocycles. The van der Waals surface area contributed by atoms with Crippen LogP contribution in [0.2, 0.25) is 5.02 Å². The van der Waals surface area contributed by atoms with Gasteiger partial charge < -0.3 is 4.79 Å². The molecule has 0 amide bonds. The van der Waals surface area contributed by atoms with Crippen molar-refractivity contribution in [3.63, 3.8) is 0 Å². The van der Waals surface area contributed by atoms with Gasteiger partial charge in [-0.15, -0.1) is 0 Å². The normalized spacial score (nSPS) is 10.5. The lowest BCUT2D eigenvalue weighted by molar-refractivity contribution is -0.137. The molecule has 5 heteroatoms. The summed E-state index contributed by atoms with van der Waals surface area (Å²) in [5, 5.41) is -0.00624. The zero-order valence-electron chi connectivity index (χ0n) is 7.94. The van der Waals surface area contributed by atoms with Crippen molar-refractivity contribution in [1.82, 2.24) is 0 Å². The Kier molecular flexibility index (Phi) is 3.97. The molecule has 84 valence electrons. The van der Waals surface area contributed by atoms with Crippen LogP contribution < -0.4 is 0 Å². The van der Waals surface area contributed by atoms with Gasteiger partial charge in [-0.3, -0.25) is 0 Å². The van der Waals surface area contributed by atoms with Gasteiger partial charge in [0.05, 0.1) is 12.0 Å². The van der Waals surface area contributed by atoms with Gasteiger partial charge in [-0.1, -0.05) is 23.4 Å². The van der Waals surface area contributed by atoms with Crippen LogP contribution in [0.15, 0.2) is 18.2 Å². The number of benzene rings is 1. The number of hydrogen-bond donors (Lipinski definition) is 0. The predicted octanol–water partition coefficient (Wildman–Crippen LogP) is 3.30. The maximum absolute atomic E-state index is 12.5. The highest BCUT2D eigenvalue weighted by Crippen LogP contribution is 2.33. The number of rotatable bonds is 1. The first-order valence-electron chi connectivity index (χ1n) is 4.24. The third kappa shape index (κ3) is 3.28. The average molecular weight is 247 g/mol. The largest absolute Gasteiger partial charge is 0.417 e. The van der Waals surface area contributed by atoms with Gasteiger partial charge in [0, 0.05) is 10.6 Å². The lowest BCUT2D eigenvalue weighted by Crippen LogP contribution is -2.07. The van der Waals surface area contributed by atoms with E-state index in [1.165, 1.54) is 12.1 Å². The number of halogens is 4. The fourth-order valence-corrected chi connectivity index (χ4v) is 1.22. The van der Waals surface area contributed by atoms with Crippen LogP contribution in [0.25, 0.3) is 0 Å². The third-order valence-corrected chi connectivity index (χ3v) is 1.93. The minimum absolute atomic E-state index is 0.00624. The number of hydrogen-bond acceptors (Lipinski definition) is 1. The Hall–Kier alpha value is -1.47. The Morgan fingerprint density at radius 3 is 2.62 bits per heavy atom. The average Bonchev–Trinajstić information content (AvgIpc) is 2.19. The second-order valence-electron chi connectivity index (χ2n) is 2.86. The molecule has 0 aliphatic rings. The van der Waals surface area contributed by atoms with Crippen LogP contribution in [-0.4, -0.2) is 6.29 Å². The van der Waals surface area contributed by atoms with Crippen molar-refractivity contribution >= 4 is 17.9 Å². The first kappa shape index (κ1) is 12.6. The van der Waals surface area contributed by atoms with Crippen molar-refractivity contribution in [2.75, 3.05) is 0 Å². The standard InChI is InChI=1S/C11H6ClF3O/c12-9-5-4-8(3-1-2-6-16)10(7-9)11(13,14)15/h4-7H,2H2. The molecule has 0 aromatic heterocycles. The van der Waals surface area contributed by atoms with Gasteiger partial charge >= 0.3 is 6.18 Å². The van der Waals surface area contributed by atoms with Crippen molar-refractivity contribution in [2.24, 2.45) is 0 Å². The molecule has 1 aromatic carbocycles. The molecule has 0 aliphatic heterocycles. The molecule has 1 rings (SSSR count). The molecule has 0 spiro atoms. The van der Waals surface area contributed by atoms with E-state index in [9.17, 15) is 18.0 Å². The number of alkyl halides is 3. The summed E-state index contributed by atoms with van der Waals surface area (Å²) in [6, 6.07) is 3.32. The van der Waals surface area contributed by atoms with Gasteiger partial charge in [0.25, 0.3) is 0 Å². The van der Waals surface area contributed by atoms with E-state index in [0.29, 0.717) is 6.29 Å². The van der Waals surface area contributed by atoms with Gasteiger partial charge in [0.15, 0.2) is 0 Å². The first-order chi connectivity index (χ1) is 7.45. The highest BCUT2D eigenvalue weighted by molar-refractivity contribution is 6.30. The van der Waals surface area contributed by atoms with Crippen molar-refractivity contribution in [1.29, 1.82) is 0 Å². The van der Waals surface area contributed by atoms with Crippen molar-refractivity contribution < 1.29 is 18.0 Å². The van der Waals surface area contributed by atoms with E-state index >= 15 is 0 Å². The van der Waals surface area contributed by atoms with Gasteiger partial charge in [0.2, 0.25) is 0 Å². The minimum Gasteiger partial charge on any atom is -0.302 e. The maximum atomic E-state index is 12.5. The fraction of sp³-hybridized carbons (Fsp3) is 0.182. The Morgan fingerprint density at radius 2 is 2.06 bits per heavy atom. The summed E-state index contributed by atoms with van der Waals surface area (Å²) in [7, 11) is 0. The molecule has 0 N–H and O–H groups in total. The highest BCUT2D eigenvalue weighted by Gasteiger charge is 2.33. The van der Waals surface area contributed by atoms with E-state index in [0.717, 1.165) is 6.07 Å². The van der Waals surface area contributed by atoms with Crippen LogP contribution in [-0.2, 0) is 11.0 Å². The van der Waals surface area contributed by atoms with Crippen LogP contribution in [0.3, 0.4) is 0 Å². The van der Waals surface area contributed by atoms with Gasteiger partial charge in [-0.2, -0.15) is 13.2 Å². The van der Waals surface area contributed by atoms with E-state index in [-0.39, 0.29) is 17.0 Å². The summed E-state index contributed by atoms with van der Waals surface area (Å²) in [6.07, 6.45) is -4.08. The van der Waals surface area contributed by atoms with Crippen molar-refractivity contribution in [2.45, 2.75) is 12.6 Å². The summed E-state index contributed by atoms with van der Waals surface area (Å²) in [5.41, 5.74) is -1.07. The molecule has 1 nitrogen and oxygen atoms in total. The topological polar surface area (TPSA) is 17.1 Å². The third-order valence-electron chi connectivity index (χ3n) is 1.70. The molecular weight excluding hydrogens is 241 g/mol. The van der Waals surface area contributed by atoms with Crippen LogP contribution in [0.5, 0.6) is 0 Å².